The zero-order valence-corrected chi connectivity index (χ0v) is 15.5. The summed E-state index contributed by atoms with van der Waals surface area (Å²) < 4.78 is 0. The number of aromatic hydroxyl groups is 1. The second kappa shape index (κ2) is 6.50. The minimum atomic E-state index is 0.220. The molecule has 0 saturated heterocycles. The molecule has 1 aliphatic heterocycles. The van der Waals surface area contributed by atoms with Crippen molar-refractivity contribution in [2.75, 3.05) is 13.6 Å². The van der Waals surface area contributed by atoms with Crippen molar-refractivity contribution in [1.82, 2.24) is 14.9 Å². The summed E-state index contributed by atoms with van der Waals surface area (Å²) in [5, 5.41) is 12.6. The van der Waals surface area contributed by atoms with E-state index in [0.717, 1.165) is 50.7 Å². The standard InChI is InChI=1S/C24H19N3O/c1-27-13-3-5-19(15-27)18-9-11-22(28)20(14-18)21-10-8-17-7-6-16-4-2-12-25-23(16)24(17)26-21/h2-12,14-15,28H,13H2,1H3. The molecule has 0 amide bonds. The first-order valence-corrected chi connectivity index (χ1v) is 9.26. The highest BCUT2D eigenvalue weighted by Gasteiger charge is 2.12. The monoisotopic (exact) mass is 365 g/mol. The highest BCUT2D eigenvalue weighted by Crippen LogP contribution is 2.33. The lowest BCUT2D eigenvalue weighted by Gasteiger charge is -2.18. The number of benzene rings is 2. The number of hydrogen-bond acceptors (Lipinski definition) is 4. The van der Waals surface area contributed by atoms with Gasteiger partial charge in [-0.3, -0.25) is 4.98 Å². The average molecular weight is 365 g/mol. The van der Waals surface area contributed by atoms with Crippen molar-refractivity contribution in [2.24, 2.45) is 0 Å². The van der Waals surface area contributed by atoms with Gasteiger partial charge in [0.05, 0.1) is 16.7 Å². The fraction of sp³-hybridized carbons (Fsp3) is 0.0833. The van der Waals surface area contributed by atoms with Gasteiger partial charge in [0.25, 0.3) is 0 Å². The van der Waals surface area contributed by atoms with Gasteiger partial charge in [0.2, 0.25) is 0 Å². The number of phenols is 1. The molecule has 1 N–H and O–H groups in total. The molecule has 4 aromatic rings. The molecule has 28 heavy (non-hydrogen) atoms. The van der Waals surface area contributed by atoms with E-state index in [1.54, 1.807) is 12.3 Å². The molecule has 0 atom stereocenters. The van der Waals surface area contributed by atoms with Gasteiger partial charge in [-0.15, -0.1) is 0 Å². The summed E-state index contributed by atoms with van der Waals surface area (Å²) in [6.07, 6.45) is 8.14. The first kappa shape index (κ1) is 16.5. The van der Waals surface area contributed by atoms with Gasteiger partial charge >= 0.3 is 0 Å². The number of pyridine rings is 2. The minimum Gasteiger partial charge on any atom is -0.507 e. The number of allylic oxidation sites excluding steroid dienone is 2. The van der Waals surface area contributed by atoms with Gasteiger partial charge < -0.3 is 10.0 Å². The van der Waals surface area contributed by atoms with E-state index in [2.05, 4.69) is 40.4 Å². The molecule has 0 saturated carbocycles. The molecular weight excluding hydrogens is 346 g/mol. The van der Waals surface area contributed by atoms with Crippen LogP contribution in [0.15, 0.2) is 79.1 Å². The third kappa shape index (κ3) is 2.79. The van der Waals surface area contributed by atoms with Crippen LogP contribution >= 0.6 is 0 Å². The Kier molecular flexibility index (Phi) is 3.83. The number of nitrogens with zero attached hydrogens (tertiary/aromatic N) is 3. The summed E-state index contributed by atoms with van der Waals surface area (Å²) in [6, 6.07) is 17.7. The van der Waals surface area contributed by atoms with Gasteiger partial charge in [-0.05, 0) is 35.4 Å². The van der Waals surface area contributed by atoms with Crippen LogP contribution in [-0.4, -0.2) is 33.6 Å². The van der Waals surface area contributed by atoms with Gasteiger partial charge in [-0.25, -0.2) is 4.98 Å². The quantitative estimate of drug-likeness (QED) is 0.508. The van der Waals surface area contributed by atoms with E-state index >= 15 is 0 Å². The second-order valence-corrected chi connectivity index (χ2v) is 7.07. The van der Waals surface area contributed by atoms with Gasteiger partial charge in [0, 0.05) is 42.3 Å². The first-order chi connectivity index (χ1) is 13.7. The topological polar surface area (TPSA) is 49.2 Å². The Morgan fingerprint density at radius 3 is 2.64 bits per heavy atom. The molecule has 1 aliphatic rings. The molecule has 2 aromatic heterocycles. The lowest BCUT2D eigenvalue weighted by molar-refractivity contribution is 0.477. The predicted octanol–water partition coefficient (Wildman–Crippen LogP) is 5.00. The maximum atomic E-state index is 10.5. The Bertz CT molecular complexity index is 1270. The van der Waals surface area contributed by atoms with Gasteiger partial charge in [-0.2, -0.15) is 0 Å². The van der Waals surface area contributed by atoms with Crippen LogP contribution in [0.25, 0.3) is 38.6 Å². The number of aromatic nitrogens is 2. The van der Waals surface area contributed by atoms with E-state index < -0.39 is 0 Å². The van der Waals surface area contributed by atoms with Crippen LogP contribution < -0.4 is 0 Å². The SMILES string of the molecule is CN1C=C(c2ccc(O)c(-c3ccc4ccc5cccnc5c4n3)c2)C=CC1. The van der Waals surface area contributed by atoms with Gasteiger partial charge in [-0.1, -0.05) is 42.5 Å². The largest absolute Gasteiger partial charge is 0.507 e. The van der Waals surface area contributed by atoms with Crippen LogP contribution in [0.4, 0.5) is 0 Å². The fourth-order valence-electron chi connectivity index (χ4n) is 3.64. The molecule has 0 radical (unpaired) electrons. The molecule has 0 aliphatic carbocycles. The maximum Gasteiger partial charge on any atom is 0.125 e. The molecule has 0 spiro atoms. The van der Waals surface area contributed by atoms with Crippen molar-refractivity contribution < 1.29 is 5.11 Å². The molecular formula is C24H19N3O. The highest BCUT2D eigenvalue weighted by atomic mass is 16.3. The zero-order valence-electron chi connectivity index (χ0n) is 15.5. The third-order valence-corrected chi connectivity index (χ3v) is 5.09. The highest BCUT2D eigenvalue weighted by molar-refractivity contribution is 6.03. The van der Waals surface area contributed by atoms with E-state index in [0.29, 0.717) is 0 Å². The molecule has 4 nitrogen and oxygen atoms in total. The zero-order chi connectivity index (χ0) is 19.1. The summed E-state index contributed by atoms with van der Waals surface area (Å²) >= 11 is 0. The lowest BCUT2D eigenvalue weighted by Crippen LogP contribution is -2.13. The molecule has 0 fully saturated rings. The molecule has 136 valence electrons. The molecule has 0 bridgehead atoms. The third-order valence-electron chi connectivity index (χ3n) is 5.09. The average Bonchev–Trinajstić information content (AvgIpc) is 2.73. The van der Waals surface area contributed by atoms with Crippen molar-refractivity contribution in [1.29, 1.82) is 0 Å². The van der Waals surface area contributed by atoms with Gasteiger partial charge in [0.15, 0.2) is 0 Å². The number of hydrogen-bond donors (Lipinski definition) is 1. The van der Waals surface area contributed by atoms with Crippen LogP contribution in [0.2, 0.25) is 0 Å². The van der Waals surface area contributed by atoms with Gasteiger partial charge in [0.1, 0.15) is 5.75 Å². The number of likely N-dealkylation sites (N-methyl/N-ethyl adjacent to an activating group) is 1. The van der Waals surface area contributed by atoms with Crippen molar-refractivity contribution in [2.45, 2.75) is 0 Å². The van der Waals surface area contributed by atoms with Crippen molar-refractivity contribution in [3.63, 3.8) is 0 Å². The second-order valence-electron chi connectivity index (χ2n) is 7.07. The molecule has 4 heteroatoms. The summed E-state index contributed by atoms with van der Waals surface area (Å²) in [5.74, 6) is 0.220. The Morgan fingerprint density at radius 2 is 1.79 bits per heavy atom. The van der Waals surface area contributed by atoms with Crippen molar-refractivity contribution in [3.8, 4) is 17.0 Å². The van der Waals surface area contributed by atoms with E-state index in [1.807, 2.05) is 43.4 Å². The Morgan fingerprint density at radius 1 is 0.964 bits per heavy atom. The van der Waals surface area contributed by atoms with Crippen LogP contribution in [0.3, 0.4) is 0 Å². The molecule has 3 heterocycles. The fourth-order valence-corrected chi connectivity index (χ4v) is 3.64. The summed E-state index contributed by atoms with van der Waals surface area (Å²) in [7, 11) is 2.05. The van der Waals surface area contributed by atoms with Crippen LogP contribution in [0.5, 0.6) is 5.75 Å². The number of fused-ring (bicyclic) bond motifs is 3. The summed E-state index contributed by atoms with van der Waals surface area (Å²) in [4.78, 5) is 11.5. The van der Waals surface area contributed by atoms with Crippen LogP contribution in [-0.2, 0) is 0 Å². The first-order valence-electron chi connectivity index (χ1n) is 9.26. The summed E-state index contributed by atoms with van der Waals surface area (Å²) in [6.45, 7) is 0.904. The van der Waals surface area contributed by atoms with E-state index in [9.17, 15) is 5.11 Å². The molecule has 0 unspecified atom stereocenters. The van der Waals surface area contributed by atoms with Crippen LogP contribution in [0, 0.1) is 0 Å². The van der Waals surface area contributed by atoms with E-state index in [-0.39, 0.29) is 5.75 Å². The van der Waals surface area contributed by atoms with E-state index in [1.165, 1.54) is 0 Å². The predicted molar refractivity (Wildman–Crippen MR) is 114 cm³/mol. The Hall–Kier alpha value is -3.66. The van der Waals surface area contributed by atoms with Crippen molar-refractivity contribution >= 4 is 27.4 Å². The molecule has 2 aromatic carbocycles. The minimum absolute atomic E-state index is 0.220. The van der Waals surface area contributed by atoms with E-state index in [4.69, 9.17) is 4.98 Å². The Labute approximate surface area is 163 Å². The van der Waals surface area contributed by atoms with Crippen LogP contribution in [0.1, 0.15) is 5.56 Å². The summed E-state index contributed by atoms with van der Waals surface area (Å²) in [5.41, 5.74) is 5.33. The normalized spacial score (nSPS) is 13.9. The maximum absolute atomic E-state index is 10.5. The Balaban J connectivity index is 1.68. The number of rotatable bonds is 2. The lowest BCUT2D eigenvalue weighted by atomic mass is 9.99. The smallest absolute Gasteiger partial charge is 0.125 e. The number of phenolic OH excluding ortho intramolecular Hbond substituents is 1. The van der Waals surface area contributed by atoms with Crippen molar-refractivity contribution in [3.05, 3.63) is 84.7 Å². The molecule has 5 rings (SSSR count).